The van der Waals surface area contributed by atoms with E-state index in [4.69, 9.17) is 9.84 Å². The Morgan fingerprint density at radius 1 is 0.909 bits per heavy atom. The van der Waals surface area contributed by atoms with Gasteiger partial charge in [-0.2, -0.15) is 0 Å². The first-order valence-corrected chi connectivity index (χ1v) is 10.8. The molecule has 2 aromatic carbocycles. The Balaban J connectivity index is 1.42. The molecule has 1 aliphatic carbocycles. The topological polar surface area (TPSA) is 134 Å². The van der Waals surface area contributed by atoms with Crippen LogP contribution in [0.3, 0.4) is 0 Å². The number of carboxylic acid groups (broad SMARTS) is 1. The van der Waals surface area contributed by atoms with Gasteiger partial charge in [-0.05, 0) is 28.7 Å². The third-order valence-corrected chi connectivity index (χ3v) is 5.39. The molecular formula is C24H27N3O6. The van der Waals surface area contributed by atoms with Crippen molar-refractivity contribution in [1.29, 1.82) is 0 Å². The summed E-state index contributed by atoms with van der Waals surface area (Å²) >= 11 is 0. The van der Waals surface area contributed by atoms with E-state index in [2.05, 4.69) is 16.0 Å². The second kappa shape index (κ2) is 11.1. The molecule has 0 saturated heterocycles. The Hall–Kier alpha value is -3.88. The Morgan fingerprint density at radius 3 is 2.06 bits per heavy atom. The van der Waals surface area contributed by atoms with Crippen LogP contribution in [-0.2, 0) is 19.1 Å². The average molecular weight is 453 g/mol. The summed E-state index contributed by atoms with van der Waals surface area (Å²) in [5.74, 6) is -2.44. The molecule has 1 aliphatic rings. The van der Waals surface area contributed by atoms with Crippen molar-refractivity contribution in [2.75, 3.05) is 19.7 Å². The van der Waals surface area contributed by atoms with Gasteiger partial charge in [0, 0.05) is 5.92 Å². The number of fused-ring (bicyclic) bond motifs is 3. The Bertz CT molecular complexity index is 993. The van der Waals surface area contributed by atoms with Crippen LogP contribution < -0.4 is 16.0 Å². The highest BCUT2D eigenvalue weighted by Crippen LogP contribution is 2.44. The van der Waals surface area contributed by atoms with Gasteiger partial charge in [-0.15, -0.1) is 0 Å². The molecule has 1 atom stereocenters. The SMILES string of the molecule is CCCC(NC(=O)CNC(=O)CNC(=O)OCC1c2ccccc2-c2ccccc21)C(=O)O. The molecular weight excluding hydrogens is 426 g/mol. The first-order valence-electron chi connectivity index (χ1n) is 10.8. The van der Waals surface area contributed by atoms with Crippen molar-refractivity contribution < 1.29 is 29.0 Å². The quantitative estimate of drug-likeness (QED) is 0.435. The Morgan fingerprint density at radius 2 is 1.48 bits per heavy atom. The molecule has 0 fully saturated rings. The predicted octanol–water partition coefficient (Wildman–Crippen LogP) is 2.01. The number of nitrogens with one attached hydrogen (secondary N) is 3. The van der Waals surface area contributed by atoms with Gasteiger partial charge in [0.1, 0.15) is 19.2 Å². The number of aliphatic carboxylic acids is 1. The van der Waals surface area contributed by atoms with Gasteiger partial charge in [0.25, 0.3) is 0 Å². The lowest BCUT2D eigenvalue weighted by atomic mass is 9.98. The summed E-state index contributed by atoms with van der Waals surface area (Å²) in [6.07, 6.45) is 0.136. The molecule has 0 aliphatic heterocycles. The fourth-order valence-electron chi connectivity index (χ4n) is 3.83. The Labute approximate surface area is 191 Å². The second-order valence-corrected chi connectivity index (χ2v) is 7.70. The molecule has 4 N–H and O–H groups in total. The molecule has 0 heterocycles. The normalized spacial score (nSPS) is 12.8. The van der Waals surface area contributed by atoms with E-state index in [1.165, 1.54) is 0 Å². The lowest BCUT2D eigenvalue weighted by molar-refractivity contribution is -0.141. The van der Waals surface area contributed by atoms with Gasteiger partial charge < -0.3 is 25.8 Å². The first kappa shape index (κ1) is 23.8. The number of carboxylic acids is 1. The Kier molecular flexibility index (Phi) is 8.01. The number of rotatable bonds is 10. The van der Waals surface area contributed by atoms with Crippen LogP contribution >= 0.6 is 0 Å². The third-order valence-electron chi connectivity index (χ3n) is 5.39. The predicted molar refractivity (Wildman–Crippen MR) is 121 cm³/mol. The molecule has 0 spiro atoms. The molecule has 1 unspecified atom stereocenters. The van der Waals surface area contributed by atoms with E-state index in [-0.39, 0.29) is 19.1 Å². The average Bonchev–Trinajstić information content (AvgIpc) is 3.13. The van der Waals surface area contributed by atoms with Crippen LogP contribution in [0, 0.1) is 0 Å². The summed E-state index contributed by atoms with van der Waals surface area (Å²) < 4.78 is 5.35. The maximum absolute atomic E-state index is 12.1. The van der Waals surface area contributed by atoms with E-state index in [9.17, 15) is 19.2 Å². The molecule has 174 valence electrons. The summed E-state index contributed by atoms with van der Waals surface area (Å²) in [5, 5.41) is 16.1. The highest BCUT2D eigenvalue weighted by atomic mass is 16.5. The standard InChI is InChI=1S/C24H27N3O6/c1-2-7-20(23(30)31)27-22(29)13-25-21(28)12-26-24(32)33-14-19-17-10-5-3-8-15(17)16-9-4-6-11-18(16)19/h3-6,8-11,19-20H,2,7,12-14H2,1H3,(H,25,28)(H,26,32)(H,27,29)(H,30,31). The minimum atomic E-state index is -1.13. The second-order valence-electron chi connectivity index (χ2n) is 7.70. The zero-order valence-corrected chi connectivity index (χ0v) is 18.3. The van der Waals surface area contributed by atoms with Crippen molar-refractivity contribution >= 4 is 23.9 Å². The van der Waals surface area contributed by atoms with Crippen molar-refractivity contribution in [2.24, 2.45) is 0 Å². The van der Waals surface area contributed by atoms with Crippen molar-refractivity contribution in [3.05, 3.63) is 59.7 Å². The molecule has 0 saturated carbocycles. The van der Waals surface area contributed by atoms with E-state index < -0.39 is 36.5 Å². The number of hydrogen-bond acceptors (Lipinski definition) is 5. The van der Waals surface area contributed by atoms with Crippen LogP contribution in [0.2, 0.25) is 0 Å². The van der Waals surface area contributed by atoms with Crippen LogP contribution in [-0.4, -0.2) is 54.7 Å². The molecule has 2 aromatic rings. The number of ether oxygens (including phenoxy) is 1. The number of carbonyl (C=O) groups excluding carboxylic acids is 3. The van der Waals surface area contributed by atoms with Crippen molar-refractivity contribution in [2.45, 2.75) is 31.7 Å². The van der Waals surface area contributed by atoms with E-state index in [1.54, 1.807) is 6.92 Å². The number of hydrogen-bond donors (Lipinski definition) is 4. The van der Waals surface area contributed by atoms with E-state index in [0.717, 1.165) is 22.3 Å². The van der Waals surface area contributed by atoms with E-state index >= 15 is 0 Å². The van der Waals surface area contributed by atoms with Gasteiger partial charge in [-0.1, -0.05) is 61.9 Å². The van der Waals surface area contributed by atoms with Crippen molar-refractivity contribution in [1.82, 2.24) is 16.0 Å². The summed E-state index contributed by atoms with van der Waals surface area (Å²) in [7, 11) is 0. The number of benzene rings is 2. The van der Waals surface area contributed by atoms with Crippen molar-refractivity contribution in [3.8, 4) is 11.1 Å². The summed E-state index contributed by atoms with van der Waals surface area (Å²) in [6.45, 7) is 1.16. The summed E-state index contributed by atoms with van der Waals surface area (Å²) in [4.78, 5) is 46.9. The monoisotopic (exact) mass is 453 g/mol. The summed E-state index contributed by atoms with van der Waals surface area (Å²) in [5.41, 5.74) is 4.39. The number of alkyl carbamates (subject to hydrolysis) is 1. The lowest BCUT2D eigenvalue weighted by Crippen LogP contribution is -2.47. The van der Waals surface area contributed by atoms with Gasteiger partial charge in [0.05, 0.1) is 6.54 Å². The largest absolute Gasteiger partial charge is 0.480 e. The summed E-state index contributed by atoms with van der Waals surface area (Å²) in [6, 6.07) is 14.9. The van der Waals surface area contributed by atoms with Crippen molar-refractivity contribution in [3.63, 3.8) is 0 Å². The van der Waals surface area contributed by atoms with Gasteiger partial charge in [-0.25, -0.2) is 9.59 Å². The molecule has 0 radical (unpaired) electrons. The molecule has 0 bridgehead atoms. The molecule has 3 amide bonds. The third kappa shape index (κ3) is 6.09. The lowest BCUT2D eigenvalue weighted by Gasteiger charge is -2.15. The van der Waals surface area contributed by atoms with Crippen LogP contribution in [0.15, 0.2) is 48.5 Å². The fourth-order valence-corrected chi connectivity index (χ4v) is 3.83. The molecule has 3 rings (SSSR count). The zero-order chi connectivity index (χ0) is 23.8. The van der Waals surface area contributed by atoms with Gasteiger partial charge in [-0.3, -0.25) is 9.59 Å². The number of carbonyl (C=O) groups is 4. The van der Waals surface area contributed by atoms with Crippen LogP contribution in [0.5, 0.6) is 0 Å². The molecule has 33 heavy (non-hydrogen) atoms. The van der Waals surface area contributed by atoms with E-state index in [0.29, 0.717) is 12.8 Å². The molecule has 9 nitrogen and oxygen atoms in total. The molecule has 0 aromatic heterocycles. The highest BCUT2D eigenvalue weighted by molar-refractivity contribution is 5.89. The molecule has 9 heteroatoms. The minimum Gasteiger partial charge on any atom is -0.480 e. The maximum atomic E-state index is 12.1. The smallest absolute Gasteiger partial charge is 0.407 e. The van der Waals surface area contributed by atoms with Gasteiger partial charge in [0.2, 0.25) is 11.8 Å². The van der Waals surface area contributed by atoms with Crippen LogP contribution in [0.1, 0.15) is 36.8 Å². The minimum absolute atomic E-state index is 0.0917. The van der Waals surface area contributed by atoms with Gasteiger partial charge in [0.15, 0.2) is 0 Å². The zero-order valence-electron chi connectivity index (χ0n) is 18.3. The maximum Gasteiger partial charge on any atom is 0.407 e. The van der Waals surface area contributed by atoms with Gasteiger partial charge >= 0.3 is 12.1 Å². The van der Waals surface area contributed by atoms with Crippen LogP contribution in [0.4, 0.5) is 4.79 Å². The first-order chi connectivity index (χ1) is 15.9. The van der Waals surface area contributed by atoms with Crippen LogP contribution in [0.25, 0.3) is 11.1 Å². The highest BCUT2D eigenvalue weighted by Gasteiger charge is 2.29. The van der Waals surface area contributed by atoms with E-state index in [1.807, 2.05) is 48.5 Å². The number of amides is 3. The fraction of sp³-hybridized carbons (Fsp3) is 0.333.